The molecule has 1 atom stereocenters. The molecule has 0 amide bonds. The highest BCUT2D eigenvalue weighted by Gasteiger charge is 2.34. The molecular formula is C11H23NOSi. The summed E-state index contributed by atoms with van der Waals surface area (Å²) in [6.45, 7) is 16.0. The van der Waals surface area contributed by atoms with Gasteiger partial charge in [-0.2, -0.15) is 0 Å². The van der Waals surface area contributed by atoms with Crippen molar-refractivity contribution in [1.29, 1.82) is 0 Å². The van der Waals surface area contributed by atoms with Gasteiger partial charge in [-0.15, -0.1) is 0 Å². The summed E-state index contributed by atoms with van der Waals surface area (Å²) in [5, 5.41) is 11.1. The maximum Gasteiger partial charge on any atom is 0.113 e. The van der Waals surface area contributed by atoms with Crippen molar-refractivity contribution in [3.63, 3.8) is 0 Å². The lowest BCUT2D eigenvalue weighted by molar-refractivity contribution is 0.186. The Labute approximate surface area is 88.8 Å². The summed E-state index contributed by atoms with van der Waals surface area (Å²) >= 11 is 0. The zero-order chi connectivity index (χ0) is 11.6. The molecule has 0 fully saturated rings. The minimum absolute atomic E-state index is 0.225. The Morgan fingerprint density at radius 3 is 2.07 bits per heavy atom. The summed E-state index contributed by atoms with van der Waals surface area (Å²) in [5.41, 5.74) is -0.950. The second-order valence-corrected chi connectivity index (χ2v) is 10.1. The molecule has 0 saturated carbocycles. The molecule has 0 saturated heterocycles. The number of hydrogen-bond donors (Lipinski definition) is 1. The Hall–Kier alpha value is -0.413. The quantitative estimate of drug-likeness (QED) is 0.435. The van der Waals surface area contributed by atoms with Crippen LogP contribution >= 0.6 is 0 Å². The van der Waals surface area contributed by atoms with E-state index >= 15 is 0 Å². The first-order chi connectivity index (χ1) is 6.11. The first-order valence-electron chi connectivity index (χ1n) is 5.06. The summed E-state index contributed by atoms with van der Waals surface area (Å²) in [6.07, 6.45) is 1.58. The van der Waals surface area contributed by atoms with Gasteiger partial charge in [0.1, 0.15) is 5.60 Å². The maximum atomic E-state index is 10.2. The van der Waals surface area contributed by atoms with E-state index in [-0.39, 0.29) is 6.04 Å². The van der Waals surface area contributed by atoms with E-state index in [4.69, 9.17) is 0 Å². The van der Waals surface area contributed by atoms with Crippen molar-refractivity contribution in [3.05, 3.63) is 12.7 Å². The minimum atomic E-state index is -1.58. The third-order valence-corrected chi connectivity index (χ3v) is 4.03. The van der Waals surface area contributed by atoms with Crippen molar-refractivity contribution in [2.75, 3.05) is 0 Å². The normalized spacial score (nSPS) is 18.1. The molecule has 0 heterocycles. The van der Waals surface area contributed by atoms with E-state index in [0.717, 1.165) is 5.33 Å². The average molecular weight is 213 g/mol. The van der Waals surface area contributed by atoms with Gasteiger partial charge in [0.15, 0.2) is 0 Å². The van der Waals surface area contributed by atoms with Crippen LogP contribution in [0.15, 0.2) is 17.6 Å². The summed E-state index contributed by atoms with van der Waals surface area (Å²) in [5.74, 6) is 0. The highest BCUT2D eigenvalue weighted by molar-refractivity contribution is 7.05. The molecule has 0 aromatic carbocycles. The Kier molecular flexibility index (Phi) is 4.27. The number of hydrogen-bond acceptors (Lipinski definition) is 2. The third-order valence-electron chi connectivity index (χ3n) is 1.97. The third kappa shape index (κ3) is 3.76. The minimum Gasteiger partial charge on any atom is -0.381 e. The second kappa shape index (κ2) is 4.40. The van der Waals surface area contributed by atoms with Crippen LogP contribution in [0.5, 0.6) is 0 Å². The molecule has 0 aromatic heterocycles. The number of rotatable bonds is 4. The van der Waals surface area contributed by atoms with E-state index in [2.05, 4.69) is 31.2 Å². The first-order valence-corrected chi connectivity index (χ1v) is 8.56. The van der Waals surface area contributed by atoms with Crippen LogP contribution in [-0.4, -0.2) is 30.2 Å². The fourth-order valence-electron chi connectivity index (χ4n) is 1.44. The van der Waals surface area contributed by atoms with E-state index in [1.807, 2.05) is 13.8 Å². The van der Waals surface area contributed by atoms with Crippen molar-refractivity contribution in [1.82, 2.24) is 0 Å². The van der Waals surface area contributed by atoms with Gasteiger partial charge in [-0.1, -0.05) is 32.3 Å². The summed E-state index contributed by atoms with van der Waals surface area (Å²) < 4.78 is 0. The first kappa shape index (κ1) is 13.6. The van der Waals surface area contributed by atoms with Gasteiger partial charge < -0.3 is 5.11 Å². The van der Waals surface area contributed by atoms with Crippen molar-refractivity contribution < 1.29 is 5.11 Å². The molecule has 1 unspecified atom stereocenters. The molecule has 0 radical (unpaired) electrons. The van der Waals surface area contributed by atoms with Crippen molar-refractivity contribution in [2.24, 2.45) is 4.99 Å². The molecule has 2 nitrogen and oxygen atoms in total. The molecule has 1 N–H and O–H groups in total. The van der Waals surface area contributed by atoms with Crippen LogP contribution in [0.25, 0.3) is 0 Å². The Balaban J connectivity index is 5.24. The van der Waals surface area contributed by atoms with Crippen LogP contribution < -0.4 is 0 Å². The topological polar surface area (TPSA) is 32.6 Å². The summed E-state index contributed by atoms with van der Waals surface area (Å²) in [6, 6.07) is 0.225. The second-order valence-electron chi connectivity index (χ2n) is 5.17. The molecule has 0 aliphatic heterocycles. The lowest BCUT2D eigenvalue weighted by Crippen LogP contribution is -2.49. The van der Waals surface area contributed by atoms with Crippen LogP contribution in [-0.2, 0) is 0 Å². The monoisotopic (exact) mass is 213 g/mol. The van der Waals surface area contributed by atoms with Gasteiger partial charge in [-0.05, 0) is 20.8 Å². The number of aliphatic hydroxyl groups is 1. The van der Waals surface area contributed by atoms with E-state index in [9.17, 15) is 5.11 Å². The van der Waals surface area contributed by atoms with Gasteiger partial charge in [0.25, 0.3) is 0 Å². The van der Waals surface area contributed by atoms with E-state index in [1.165, 1.54) is 0 Å². The maximum absolute atomic E-state index is 10.2. The summed E-state index contributed by atoms with van der Waals surface area (Å²) in [4.78, 5) is 4.55. The van der Waals surface area contributed by atoms with Crippen molar-refractivity contribution in [2.45, 2.75) is 52.1 Å². The molecule has 3 heteroatoms. The highest BCUT2D eigenvalue weighted by atomic mass is 28.3. The molecular weight excluding hydrogens is 190 g/mol. The van der Waals surface area contributed by atoms with Crippen LogP contribution in [0, 0.1) is 0 Å². The SMILES string of the molecule is C=CC(C)(O)C(=NC(C)C)[Si](C)(C)C. The molecule has 0 rings (SSSR count). The fraction of sp³-hybridized carbons (Fsp3) is 0.727. The molecule has 82 valence electrons. The van der Waals surface area contributed by atoms with Crippen LogP contribution in [0.1, 0.15) is 20.8 Å². The van der Waals surface area contributed by atoms with E-state index in [1.54, 1.807) is 13.0 Å². The smallest absolute Gasteiger partial charge is 0.113 e. The van der Waals surface area contributed by atoms with Gasteiger partial charge in [0.05, 0.1) is 8.07 Å². The zero-order valence-electron chi connectivity index (χ0n) is 10.3. The van der Waals surface area contributed by atoms with E-state index < -0.39 is 13.7 Å². The van der Waals surface area contributed by atoms with Gasteiger partial charge in [0.2, 0.25) is 0 Å². The van der Waals surface area contributed by atoms with Gasteiger partial charge >= 0.3 is 0 Å². The summed E-state index contributed by atoms with van der Waals surface area (Å²) in [7, 11) is -1.58. The van der Waals surface area contributed by atoms with E-state index in [0.29, 0.717) is 0 Å². The standard InChI is InChI=1S/C11H23NOSi/c1-8-11(4,13)10(12-9(2)3)14(5,6)7/h8-9,13H,1H2,2-7H3. The lowest BCUT2D eigenvalue weighted by Gasteiger charge is -2.31. The Morgan fingerprint density at radius 2 is 1.86 bits per heavy atom. The van der Waals surface area contributed by atoms with Crippen molar-refractivity contribution in [3.8, 4) is 0 Å². The average Bonchev–Trinajstić information content (AvgIpc) is 1.98. The molecule has 0 aliphatic carbocycles. The number of nitrogens with zero attached hydrogens (tertiary/aromatic N) is 1. The van der Waals surface area contributed by atoms with Crippen LogP contribution in [0.3, 0.4) is 0 Å². The van der Waals surface area contributed by atoms with Crippen LogP contribution in [0.2, 0.25) is 19.6 Å². The van der Waals surface area contributed by atoms with Crippen molar-refractivity contribution >= 4 is 13.4 Å². The molecule has 0 bridgehead atoms. The number of aliphatic imine (C=N–C) groups is 1. The van der Waals surface area contributed by atoms with Gasteiger partial charge in [-0.3, -0.25) is 4.99 Å². The molecule has 0 aliphatic rings. The highest BCUT2D eigenvalue weighted by Crippen LogP contribution is 2.18. The largest absolute Gasteiger partial charge is 0.381 e. The molecule has 0 aromatic rings. The molecule has 14 heavy (non-hydrogen) atoms. The predicted molar refractivity (Wildman–Crippen MR) is 66.7 cm³/mol. The lowest BCUT2D eigenvalue weighted by atomic mass is 10.1. The predicted octanol–water partition coefficient (Wildman–Crippen LogP) is 2.65. The van der Waals surface area contributed by atoms with Crippen LogP contribution in [0.4, 0.5) is 0 Å². The van der Waals surface area contributed by atoms with Gasteiger partial charge in [-0.25, -0.2) is 0 Å². The fourth-order valence-corrected chi connectivity index (χ4v) is 3.70. The zero-order valence-corrected chi connectivity index (χ0v) is 11.3. The Morgan fingerprint density at radius 1 is 1.43 bits per heavy atom. The Bertz CT molecular complexity index is 236. The van der Waals surface area contributed by atoms with Gasteiger partial charge in [0, 0.05) is 11.4 Å². The molecule has 0 spiro atoms.